The predicted octanol–water partition coefficient (Wildman–Crippen LogP) is 3.14. The molecule has 1 rings (SSSR count). The Morgan fingerprint density at radius 2 is 2.00 bits per heavy atom. The smallest absolute Gasteiger partial charge is 0.0788 e. The van der Waals surface area contributed by atoms with E-state index in [0.717, 1.165) is 11.9 Å². The first-order valence-corrected chi connectivity index (χ1v) is 6.66. The van der Waals surface area contributed by atoms with Crippen molar-refractivity contribution in [2.75, 3.05) is 18.5 Å². The van der Waals surface area contributed by atoms with Gasteiger partial charge in [-0.1, -0.05) is 28.8 Å². The van der Waals surface area contributed by atoms with Crippen LogP contribution in [0.2, 0.25) is 0 Å². The third-order valence-electron chi connectivity index (χ3n) is 2.77. The summed E-state index contributed by atoms with van der Waals surface area (Å²) in [5.41, 5.74) is 0.0938. The van der Waals surface area contributed by atoms with Crippen molar-refractivity contribution in [1.29, 1.82) is 0 Å². The second kappa shape index (κ2) is 6.09. The van der Waals surface area contributed by atoms with E-state index in [2.05, 4.69) is 22.9 Å². The Kier molecular flexibility index (Phi) is 5.42. The van der Waals surface area contributed by atoms with E-state index in [-0.39, 0.29) is 11.7 Å². The molecule has 0 spiro atoms. The summed E-state index contributed by atoms with van der Waals surface area (Å²) >= 11 is 3.56. The van der Waals surface area contributed by atoms with Crippen molar-refractivity contribution in [3.63, 3.8) is 0 Å². The zero-order valence-corrected chi connectivity index (χ0v) is 10.8. The van der Waals surface area contributed by atoms with E-state index >= 15 is 0 Å². The number of ether oxygens (including phenoxy) is 2. The van der Waals surface area contributed by atoms with Crippen LogP contribution in [-0.2, 0) is 9.47 Å². The summed E-state index contributed by atoms with van der Waals surface area (Å²) in [6.45, 7) is 5.60. The molecule has 14 heavy (non-hydrogen) atoms. The van der Waals surface area contributed by atoms with E-state index < -0.39 is 0 Å². The van der Waals surface area contributed by atoms with Crippen LogP contribution < -0.4 is 0 Å². The summed E-state index contributed by atoms with van der Waals surface area (Å²) < 4.78 is 11.4. The third kappa shape index (κ3) is 3.52. The molecule has 84 valence electrons. The highest BCUT2D eigenvalue weighted by molar-refractivity contribution is 9.09. The standard InChI is InChI=1S/C11H21BrO2/c1-3-13-8-10(2)14-11(9-12)6-4-5-7-11/h10H,3-9H2,1-2H3. The Morgan fingerprint density at radius 1 is 1.36 bits per heavy atom. The van der Waals surface area contributed by atoms with Gasteiger partial charge in [0.15, 0.2) is 0 Å². The van der Waals surface area contributed by atoms with Crippen LogP contribution in [0, 0.1) is 0 Å². The minimum Gasteiger partial charge on any atom is -0.379 e. The molecule has 0 bridgehead atoms. The fourth-order valence-electron chi connectivity index (χ4n) is 2.05. The molecule has 1 fully saturated rings. The molecule has 0 heterocycles. The van der Waals surface area contributed by atoms with Gasteiger partial charge in [0, 0.05) is 11.9 Å². The van der Waals surface area contributed by atoms with Gasteiger partial charge in [0.1, 0.15) is 0 Å². The highest BCUT2D eigenvalue weighted by Crippen LogP contribution is 2.35. The van der Waals surface area contributed by atoms with Gasteiger partial charge in [-0.25, -0.2) is 0 Å². The monoisotopic (exact) mass is 264 g/mol. The average molecular weight is 265 g/mol. The Balaban J connectivity index is 2.32. The van der Waals surface area contributed by atoms with Crippen molar-refractivity contribution >= 4 is 15.9 Å². The lowest BCUT2D eigenvalue weighted by atomic mass is 10.1. The van der Waals surface area contributed by atoms with Gasteiger partial charge >= 0.3 is 0 Å². The molecule has 0 aromatic carbocycles. The van der Waals surface area contributed by atoms with Gasteiger partial charge in [-0.15, -0.1) is 0 Å². The highest BCUT2D eigenvalue weighted by atomic mass is 79.9. The molecule has 1 aliphatic carbocycles. The summed E-state index contributed by atoms with van der Waals surface area (Å²) in [5.74, 6) is 0. The van der Waals surface area contributed by atoms with Gasteiger partial charge in [0.05, 0.1) is 18.3 Å². The summed E-state index contributed by atoms with van der Waals surface area (Å²) in [4.78, 5) is 0. The Hall–Kier alpha value is 0.400. The molecule has 0 amide bonds. The van der Waals surface area contributed by atoms with E-state index in [9.17, 15) is 0 Å². The molecule has 0 aliphatic heterocycles. The molecule has 1 unspecified atom stereocenters. The topological polar surface area (TPSA) is 18.5 Å². The second-order valence-corrected chi connectivity index (χ2v) is 4.67. The fraction of sp³-hybridized carbons (Fsp3) is 1.00. The molecular formula is C11H21BrO2. The van der Waals surface area contributed by atoms with E-state index in [1.165, 1.54) is 25.7 Å². The SMILES string of the molecule is CCOCC(C)OC1(CBr)CCCC1. The normalized spacial score (nSPS) is 22.5. The zero-order valence-electron chi connectivity index (χ0n) is 9.22. The molecule has 0 radical (unpaired) electrons. The number of rotatable bonds is 6. The largest absolute Gasteiger partial charge is 0.379 e. The van der Waals surface area contributed by atoms with Crippen LogP contribution in [0.4, 0.5) is 0 Å². The Bertz CT molecular complexity index is 155. The van der Waals surface area contributed by atoms with Crippen LogP contribution in [0.15, 0.2) is 0 Å². The Labute approximate surface area is 95.5 Å². The van der Waals surface area contributed by atoms with Crippen molar-refractivity contribution in [3.05, 3.63) is 0 Å². The fourth-order valence-corrected chi connectivity index (χ4v) is 2.74. The Morgan fingerprint density at radius 3 is 2.50 bits per heavy atom. The van der Waals surface area contributed by atoms with Gasteiger partial charge in [-0.3, -0.25) is 0 Å². The van der Waals surface area contributed by atoms with Crippen LogP contribution in [0.25, 0.3) is 0 Å². The van der Waals surface area contributed by atoms with Gasteiger partial charge in [0.25, 0.3) is 0 Å². The van der Waals surface area contributed by atoms with E-state index in [0.29, 0.717) is 6.61 Å². The lowest BCUT2D eigenvalue weighted by Crippen LogP contribution is -2.36. The zero-order chi connectivity index (χ0) is 10.4. The second-order valence-electron chi connectivity index (χ2n) is 4.11. The van der Waals surface area contributed by atoms with Gasteiger partial charge < -0.3 is 9.47 Å². The number of hydrogen-bond donors (Lipinski definition) is 0. The average Bonchev–Trinajstić information content (AvgIpc) is 2.64. The van der Waals surface area contributed by atoms with Gasteiger partial charge in [0.2, 0.25) is 0 Å². The summed E-state index contributed by atoms with van der Waals surface area (Å²) in [6.07, 6.45) is 5.19. The first-order valence-electron chi connectivity index (χ1n) is 5.54. The first-order chi connectivity index (χ1) is 6.72. The van der Waals surface area contributed by atoms with Crippen molar-refractivity contribution < 1.29 is 9.47 Å². The number of alkyl halides is 1. The molecule has 0 N–H and O–H groups in total. The number of halogens is 1. The van der Waals surface area contributed by atoms with Crippen LogP contribution in [-0.4, -0.2) is 30.2 Å². The molecule has 1 saturated carbocycles. The van der Waals surface area contributed by atoms with Crippen molar-refractivity contribution in [1.82, 2.24) is 0 Å². The molecule has 3 heteroatoms. The lowest BCUT2D eigenvalue weighted by Gasteiger charge is -2.30. The molecule has 2 nitrogen and oxygen atoms in total. The van der Waals surface area contributed by atoms with E-state index in [1.807, 2.05) is 6.92 Å². The molecule has 1 aliphatic rings. The third-order valence-corrected chi connectivity index (χ3v) is 3.79. The van der Waals surface area contributed by atoms with Crippen molar-refractivity contribution in [2.24, 2.45) is 0 Å². The maximum absolute atomic E-state index is 6.08. The first kappa shape index (κ1) is 12.5. The summed E-state index contributed by atoms with van der Waals surface area (Å²) in [6, 6.07) is 0. The minimum atomic E-state index is 0.0938. The van der Waals surface area contributed by atoms with Crippen LogP contribution in [0.1, 0.15) is 39.5 Å². The molecule has 0 aromatic rings. The van der Waals surface area contributed by atoms with Crippen molar-refractivity contribution in [3.8, 4) is 0 Å². The molecule has 0 saturated heterocycles. The molecular weight excluding hydrogens is 244 g/mol. The lowest BCUT2D eigenvalue weighted by molar-refractivity contribution is -0.0946. The predicted molar refractivity (Wildman–Crippen MR) is 62.0 cm³/mol. The highest BCUT2D eigenvalue weighted by Gasteiger charge is 2.35. The maximum atomic E-state index is 6.08. The number of hydrogen-bond acceptors (Lipinski definition) is 2. The summed E-state index contributed by atoms with van der Waals surface area (Å²) in [7, 11) is 0. The van der Waals surface area contributed by atoms with E-state index in [4.69, 9.17) is 9.47 Å². The maximum Gasteiger partial charge on any atom is 0.0788 e. The quantitative estimate of drug-likeness (QED) is 0.687. The van der Waals surface area contributed by atoms with E-state index in [1.54, 1.807) is 0 Å². The van der Waals surface area contributed by atoms with Gasteiger partial charge in [-0.05, 0) is 26.7 Å². The van der Waals surface area contributed by atoms with Gasteiger partial charge in [-0.2, -0.15) is 0 Å². The molecule has 0 aromatic heterocycles. The minimum absolute atomic E-state index is 0.0938. The van der Waals surface area contributed by atoms with Crippen LogP contribution in [0.3, 0.4) is 0 Å². The van der Waals surface area contributed by atoms with Crippen molar-refractivity contribution in [2.45, 2.75) is 51.2 Å². The van der Waals surface area contributed by atoms with Crippen LogP contribution in [0.5, 0.6) is 0 Å². The summed E-state index contributed by atoms with van der Waals surface area (Å²) in [5, 5.41) is 0.955. The van der Waals surface area contributed by atoms with Crippen LogP contribution >= 0.6 is 15.9 Å². The molecule has 1 atom stereocenters.